The molecule has 3 aromatic rings. The number of nitrogens with zero attached hydrogens (tertiary/aromatic N) is 1. The minimum atomic E-state index is -0.554. The molecule has 0 unspecified atom stereocenters. The van der Waals surface area contributed by atoms with Gasteiger partial charge in [-0.3, -0.25) is 9.59 Å². The van der Waals surface area contributed by atoms with E-state index in [1.165, 1.54) is 4.90 Å². The maximum atomic E-state index is 13.3. The molecule has 0 bridgehead atoms. The Morgan fingerprint density at radius 1 is 1.07 bits per heavy atom. The summed E-state index contributed by atoms with van der Waals surface area (Å²) in [4.78, 5) is 29.8. The van der Waals surface area contributed by atoms with Gasteiger partial charge in [0.25, 0.3) is 5.91 Å². The van der Waals surface area contributed by atoms with E-state index in [0.29, 0.717) is 28.8 Å². The lowest BCUT2D eigenvalue weighted by Crippen LogP contribution is -3.14. The van der Waals surface area contributed by atoms with Crippen LogP contribution in [-0.4, -0.2) is 50.2 Å². The zero-order chi connectivity index (χ0) is 20.7. The fraction of sp³-hybridized carbons (Fsp3) is 0.391. The van der Waals surface area contributed by atoms with Crippen LogP contribution in [0.1, 0.15) is 40.1 Å². The molecule has 7 heteroatoms. The van der Waals surface area contributed by atoms with E-state index in [-0.39, 0.29) is 17.1 Å². The van der Waals surface area contributed by atoms with Crippen LogP contribution in [0.15, 0.2) is 50.0 Å². The predicted molar refractivity (Wildman–Crippen MR) is 110 cm³/mol. The quantitative estimate of drug-likeness (QED) is 0.692. The lowest BCUT2D eigenvalue weighted by molar-refractivity contribution is -0.908. The van der Waals surface area contributed by atoms with Crippen LogP contribution in [-0.2, 0) is 4.74 Å². The fourth-order valence-corrected chi connectivity index (χ4v) is 4.50. The van der Waals surface area contributed by atoms with Crippen LogP contribution < -0.4 is 10.3 Å². The number of nitrogens with one attached hydrogen (secondary N) is 1. The van der Waals surface area contributed by atoms with Crippen molar-refractivity contribution >= 4 is 16.9 Å². The van der Waals surface area contributed by atoms with Gasteiger partial charge in [0.2, 0.25) is 5.76 Å². The zero-order valence-electron chi connectivity index (χ0n) is 17.0. The minimum absolute atomic E-state index is 0.136. The number of aryl methyl sites for hydroxylation is 1. The SMILES string of the molecule is Cc1ccc([C@@H]2c3c(oc4ccccc4c3=O)C(=O)N2CCC[NH+]2CCOCC2)o1. The van der Waals surface area contributed by atoms with Crippen LogP contribution in [0.3, 0.4) is 0 Å². The first-order valence-electron chi connectivity index (χ1n) is 10.5. The zero-order valence-corrected chi connectivity index (χ0v) is 17.0. The van der Waals surface area contributed by atoms with Crippen molar-refractivity contribution in [2.24, 2.45) is 0 Å². The highest BCUT2D eigenvalue weighted by molar-refractivity contribution is 5.98. The average Bonchev–Trinajstić information content (AvgIpc) is 3.31. The molecule has 2 aromatic heterocycles. The third-order valence-electron chi connectivity index (χ3n) is 6.03. The Hall–Kier alpha value is -2.90. The highest BCUT2D eigenvalue weighted by atomic mass is 16.5. The monoisotopic (exact) mass is 409 g/mol. The number of fused-ring (bicyclic) bond motifs is 2. The smallest absolute Gasteiger partial charge is 0.291 e. The Labute approximate surface area is 173 Å². The number of amides is 1. The second-order valence-corrected chi connectivity index (χ2v) is 7.99. The van der Waals surface area contributed by atoms with Crippen molar-refractivity contribution in [3.8, 4) is 0 Å². The topological polar surface area (TPSA) is 77.3 Å². The molecular formula is C23H25N2O5+. The molecular weight excluding hydrogens is 384 g/mol. The van der Waals surface area contributed by atoms with Gasteiger partial charge in [0.15, 0.2) is 5.43 Å². The fourth-order valence-electron chi connectivity index (χ4n) is 4.50. The largest absolute Gasteiger partial charge is 0.464 e. The maximum absolute atomic E-state index is 13.3. The Morgan fingerprint density at radius 3 is 2.63 bits per heavy atom. The van der Waals surface area contributed by atoms with Gasteiger partial charge in [0, 0.05) is 13.0 Å². The van der Waals surface area contributed by atoms with E-state index in [4.69, 9.17) is 13.6 Å². The summed E-state index contributed by atoms with van der Waals surface area (Å²) < 4.78 is 17.2. The van der Waals surface area contributed by atoms with E-state index in [0.717, 1.165) is 45.0 Å². The summed E-state index contributed by atoms with van der Waals surface area (Å²) >= 11 is 0. The molecule has 5 rings (SSSR count). The van der Waals surface area contributed by atoms with E-state index in [2.05, 4.69) is 0 Å². The normalized spacial score (nSPS) is 19.6. The molecule has 2 aliphatic rings. The summed E-state index contributed by atoms with van der Waals surface area (Å²) in [7, 11) is 0. The highest BCUT2D eigenvalue weighted by Crippen LogP contribution is 2.38. The van der Waals surface area contributed by atoms with Crippen LogP contribution >= 0.6 is 0 Å². The van der Waals surface area contributed by atoms with Gasteiger partial charge < -0.3 is 23.4 Å². The molecule has 1 N–H and O–H groups in total. The molecule has 7 nitrogen and oxygen atoms in total. The van der Waals surface area contributed by atoms with E-state index in [1.54, 1.807) is 29.2 Å². The van der Waals surface area contributed by atoms with Gasteiger partial charge in [0.1, 0.15) is 36.2 Å². The second kappa shape index (κ2) is 7.74. The number of carbonyl (C=O) groups excluding carboxylic acids is 1. The number of ether oxygens (including phenoxy) is 1. The molecule has 0 aliphatic carbocycles. The van der Waals surface area contributed by atoms with Gasteiger partial charge in [-0.25, -0.2) is 0 Å². The number of quaternary nitrogens is 1. The first kappa shape index (κ1) is 19.1. The van der Waals surface area contributed by atoms with Crippen molar-refractivity contribution < 1.29 is 23.3 Å². The molecule has 1 saturated heterocycles. The van der Waals surface area contributed by atoms with Crippen LogP contribution in [0, 0.1) is 6.92 Å². The van der Waals surface area contributed by atoms with Crippen molar-refractivity contribution in [3.05, 3.63) is 69.5 Å². The van der Waals surface area contributed by atoms with Gasteiger partial charge in [-0.05, 0) is 31.2 Å². The van der Waals surface area contributed by atoms with E-state index in [1.807, 2.05) is 19.1 Å². The average molecular weight is 409 g/mol. The number of morpholine rings is 1. The van der Waals surface area contributed by atoms with Crippen molar-refractivity contribution in [3.63, 3.8) is 0 Å². The van der Waals surface area contributed by atoms with Crippen LogP contribution in [0.2, 0.25) is 0 Å². The van der Waals surface area contributed by atoms with Gasteiger partial charge >= 0.3 is 0 Å². The number of hydrogen-bond donors (Lipinski definition) is 1. The van der Waals surface area contributed by atoms with Crippen LogP contribution in [0.5, 0.6) is 0 Å². The Morgan fingerprint density at radius 2 is 1.87 bits per heavy atom. The number of rotatable bonds is 5. The summed E-state index contributed by atoms with van der Waals surface area (Å²) in [6, 6.07) is 10.2. The summed E-state index contributed by atoms with van der Waals surface area (Å²) in [5.74, 6) is 1.23. The lowest BCUT2D eigenvalue weighted by Gasteiger charge is -2.26. The Kier molecular flexibility index (Phi) is 4.92. The first-order chi connectivity index (χ1) is 14.6. The Bertz CT molecular complexity index is 1140. The third-order valence-corrected chi connectivity index (χ3v) is 6.03. The molecule has 30 heavy (non-hydrogen) atoms. The van der Waals surface area contributed by atoms with Crippen molar-refractivity contribution in [1.29, 1.82) is 0 Å². The number of para-hydroxylation sites is 1. The minimum Gasteiger partial charge on any atom is -0.464 e. The molecule has 1 fully saturated rings. The van der Waals surface area contributed by atoms with Gasteiger partial charge in [0.05, 0.1) is 30.7 Å². The molecule has 156 valence electrons. The summed E-state index contributed by atoms with van der Waals surface area (Å²) in [6.45, 7) is 6.88. The van der Waals surface area contributed by atoms with E-state index >= 15 is 0 Å². The number of benzene rings is 1. The van der Waals surface area contributed by atoms with E-state index in [9.17, 15) is 9.59 Å². The van der Waals surface area contributed by atoms with Crippen molar-refractivity contribution in [2.45, 2.75) is 19.4 Å². The number of furan rings is 1. The Balaban J connectivity index is 1.51. The lowest BCUT2D eigenvalue weighted by atomic mass is 10.0. The number of carbonyl (C=O) groups is 1. The third kappa shape index (κ3) is 3.24. The molecule has 1 amide bonds. The summed E-state index contributed by atoms with van der Waals surface area (Å²) in [5, 5.41) is 0.483. The molecule has 4 heterocycles. The molecule has 2 aliphatic heterocycles. The summed E-state index contributed by atoms with van der Waals surface area (Å²) in [5.41, 5.74) is 0.649. The molecule has 0 spiro atoms. The van der Waals surface area contributed by atoms with Crippen molar-refractivity contribution in [2.75, 3.05) is 39.4 Å². The second-order valence-electron chi connectivity index (χ2n) is 7.99. The predicted octanol–water partition coefficient (Wildman–Crippen LogP) is 1.54. The first-order valence-corrected chi connectivity index (χ1v) is 10.5. The van der Waals surface area contributed by atoms with Gasteiger partial charge in [-0.2, -0.15) is 0 Å². The number of hydrogen-bond acceptors (Lipinski definition) is 5. The van der Waals surface area contributed by atoms with Crippen LogP contribution in [0.4, 0.5) is 0 Å². The van der Waals surface area contributed by atoms with Gasteiger partial charge in [-0.1, -0.05) is 12.1 Å². The standard InChI is InChI=1S/C23H24N2O5/c1-15-7-8-18(29-15)20-19-21(26)16-5-2-3-6-17(16)30-22(19)23(27)25(20)10-4-9-24-11-13-28-14-12-24/h2-3,5-8,20H,4,9-14H2,1H3/p+1/t20-/m1/s1. The maximum Gasteiger partial charge on any atom is 0.291 e. The molecule has 1 atom stereocenters. The molecule has 0 radical (unpaired) electrons. The molecule has 1 aromatic carbocycles. The van der Waals surface area contributed by atoms with Crippen molar-refractivity contribution in [1.82, 2.24) is 4.90 Å². The molecule has 0 saturated carbocycles. The van der Waals surface area contributed by atoms with Crippen LogP contribution in [0.25, 0.3) is 11.0 Å². The van der Waals surface area contributed by atoms with E-state index < -0.39 is 6.04 Å². The summed E-state index contributed by atoms with van der Waals surface area (Å²) in [6.07, 6.45) is 0.832. The van der Waals surface area contributed by atoms with Gasteiger partial charge in [-0.15, -0.1) is 0 Å². The highest BCUT2D eigenvalue weighted by Gasteiger charge is 2.44.